The van der Waals surface area contributed by atoms with Crippen LogP contribution in [0.25, 0.3) is 0 Å². The Morgan fingerprint density at radius 1 is 1.24 bits per heavy atom. The first-order valence-corrected chi connectivity index (χ1v) is 6.31. The van der Waals surface area contributed by atoms with Crippen LogP contribution in [0.3, 0.4) is 0 Å². The van der Waals surface area contributed by atoms with Gasteiger partial charge in [-0.05, 0) is 18.4 Å². The molecule has 0 radical (unpaired) electrons. The number of thiophene rings is 1. The van der Waals surface area contributed by atoms with Crippen molar-refractivity contribution in [3.8, 4) is 0 Å². The SMILES string of the molecule is CC(CO)(C(=O)c1ccccc1)c1cccs1. The van der Waals surface area contributed by atoms with Crippen LogP contribution in [0.5, 0.6) is 0 Å². The molecular formula is C14H14O2S. The van der Waals surface area contributed by atoms with Gasteiger partial charge in [-0.1, -0.05) is 36.4 Å². The Hall–Kier alpha value is -1.45. The Bertz CT molecular complexity index is 490. The number of carbonyl (C=O) groups excluding carboxylic acids is 1. The van der Waals surface area contributed by atoms with Crippen LogP contribution in [0.2, 0.25) is 0 Å². The normalized spacial score (nSPS) is 14.2. The van der Waals surface area contributed by atoms with E-state index in [9.17, 15) is 9.90 Å². The molecule has 3 heteroatoms. The number of rotatable bonds is 4. The smallest absolute Gasteiger partial charge is 0.176 e. The van der Waals surface area contributed by atoms with Crippen LogP contribution >= 0.6 is 11.3 Å². The molecular weight excluding hydrogens is 232 g/mol. The zero-order chi connectivity index (χ0) is 12.3. The maximum Gasteiger partial charge on any atom is 0.176 e. The fraction of sp³-hybridized carbons (Fsp3) is 0.214. The molecule has 1 aromatic carbocycles. The zero-order valence-corrected chi connectivity index (χ0v) is 10.4. The zero-order valence-electron chi connectivity index (χ0n) is 9.59. The highest BCUT2D eigenvalue weighted by Gasteiger charge is 2.35. The number of aliphatic hydroxyl groups is 1. The van der Waals surface area contributed by atoms with Crippen LogP contribution in [0.4, 0.5) is 0 Å². The summed E-state index contributed by atoms with van der Waals surface area (Å²) in [6.07, 6.45) is 0. The van der Waals surface area contributed by atoms with Crippen LogP contribution < -0.4 is 0 Å². The van der Waals surface area contributed by atoms with E-state index in [-0.39, 0.29) is 12.4 Å². The molecule has 0 fully saturated rings. The van der Waals surface area contributed by atoms with Crippen molar-refractivity contribution in [3.63, 3.8) is 0 Å². The fourth-order valence-corrected chi connectivity index (χ4v) is 2.64. The molecule has 2 nitrogen and oxygen atoms in total. The van der Waals surface area contributed by atoms with E-state index in [4.69, 9.17) is 0 Å². The summed E-state index contributed by atoms with van der Waals surface area (Å²) in [6.45, 7) is 1.61. The lowest BCUT2D eigenvalue weighted by Crippen LogP contribution is -2.35. The van der Waals surface area contributed by atoms with Gasteiger partial charge in [-0.3, -0.25) is 4.79 Å². The highest BCUT2D eigenvalue weighted by Crippen LogP contribution is 2.31. The van der Waals surface area contributed by atoms with Gasteiger partial charge in [0.05, 0.1) is 12.0 Å². The van der Waals surface area contributed by atoms with Gasteiger partial charge < -0.3 is 5.11 Å². The van der Waals surface area contributed by atoms with Crippen LogP contribution in [-0.4, -0.2) is 17.5 Å². The monoisotopic (exact) mass is 246 g/mol. The summed E-state index contributed by atoms with van der Waals surface area (Å²) in [5, 5.41) is 11.5. The molecule has 88 valence electrons. The van der Waals surface area contributed by atoms with E-state index in [0.717, 1.165) is 4.88 Å². The van der Waals surface area contributed by atoms with Gasteiger partial charge >= 0.3 is 0 Å². The third kappa shape index (κ3) is 2.16. The lowest BCUT2D eigenvalue weighted by Gasteiger charge is -2.24. The first-order valence-electron chi connectivity index (χ1n) is 5.43. The Morgan fingerprint density at radius 2 is 1.94 bits per heavy atom. The van der Waals surface area contributed by atoms with Crippen molar-refractivity contribution >= 4 is 17.1 Å². The van der Waals surface area contributed by atoms with E-state index in [1.165, 1.54) is 11.3 Å². The third-order valence-electron chi connectivity index (χ3n) is 2.92. The summed E-state index contributed by atoms with van der Waals surface area (Å²) in [5.74, 6) is -0.0388. The van der Waals surface area contributed by atoms with Crippen molar-refractivity contribution in [2.75, 3.05) is 6.61 Å². The number of hydrogen-bond donors (Lipinski definition) is 1. The predicted octanol–water partition coefficient (Wildman–Crippen LogP) is 2.88. The van der Waals surface area contributed by atoms with Crippen LogP contribution in [0, 0.1) is 0 Å². The second-order valence-corrected chi connectivity index (χ2v) is 5.11. The Kier molecular flexibility index (Phi) is 3.41. The Balaban J connectivity index is 2.40. The first kappa shape index (κ1) is 12.0. The van der Waals surface area contributed by atoms with Crippen molar-refractivity contribution in [1.29, 1.82) is 0 Å². The number of benzene rings is 1. The van der Waals surface area contributed by atoms with Gasteiger partial charge in [-0.25, -0.2) is 0 Å². The first-order chi connectivity index (χ1) is 8.18. The molecule has 1 heterocycles. The van der Waals surface area contributed by atoms with Gasteiger partial charge in [0.25, 0.3) is 0 Å². The summed E-state index contributed by atoms with van der Waals surface area (Å²) in [7, 11) is 0. The van der Waals surface area contributed by atoms with Crippen LogP contribution in [-0.2, 0) is 5.41 Å². The van der Waals surface area contributed by atoms with Gasteiger partial charge in [0.15, 0.2) is 5.78 Å². The van der Waals surface area contributed by atoms with Crippen molar-refractivity contribution in [2.45, 2.75) is 12.3 Å². The van der Waals surface area contributed by atoms with Gasteiger partial charge in [0, 0.05) is 10.4 Å². The summed E-state index contributed by atoms with van der Waals surface area (Å²) in [5.41, 5.74) is -0.201. The summed E-state index contributed by atoms with van der Waals surface area (Å²) in [6, 6.07) is 12.9. The maximum absolute atomic E-state index is 12.4. The molecule has 0 aliphatic heterocycles. The lowest BCUT2D eigenvalue weighted by molar-refractivity contribution is 0.0827. The molecule has 0 amide bonds. The van der Waals surface area contributed by atoms with E-state index in [2.05, 4.69) is 0 Å². The third-order valence-corrected chi connectivity index (χ3v) is 4.05. The topological polar surface area (TPSA) is 37.3 Å². The largest absolute Gasteiger partial charge is 0.395 e. The van der Waals surface area contributed by atoms with E-state index in [0.29, 0.717) is 5.56 Å². The minimum atomic E-state index is -0.838. The maximum atomic E-state index is 12.4. The van der Waals surface area contributed by atoms with E-state index < -0.39 is 5.41 Å². The molecule has 0 aliphatic carbocycles. The minimum absolute atomic E-state index is 0.0388. The molecule has 2 rings (SSSR count). The van der Waals surface area contributed by atoms with Gasteiger partial charge in [-0.15, -0.1) is 11.3 Å². The average Bonchev–Trinajstić information content (AvgIpc) is 2.92. The minimum Gasteiger partial charge on any atom is -0.395 e. The van der Waals surface area contributed by atoms with Crippen molar-refractivity contribution < 1.29 is 9.90 Å². The van der Waals surface area contributed by atoms with Crippen LogP contribution in [0.1, 0.15) is 22.2 Å². The quantitative estimate of drug-likeness (QED) is 0.842. The molecule has 2 aromatic rings. The van der Waals surface area contributed by atoms with Crippen molar-refractivity contribution in [2.24, 2.45) is 0 Å². The second-order valence-electron chi connectivity index (χ2n) is 4.16. The van der Waals surface area contributed by atoms with Crippen molar-refractivity contribution in [3.05, 3.63) is 58.3 Å². The number of hydrogen-bond acceptors (Lipinski definition) is 3. The molecule has 0 saturated carbocycles. The number of carbonyl (C=O) groups is 1. The van der Waals surface area contributed by atoms with Crippen molar-refractivity contribution in [1.82, 2.24) is 0 Å². The molecule has 0 aliphatic rings. The molecule has 1 aromatic heterocycles. The summed E-state index contributed by atoms with van der Waals surface area (Å²) >= 11 is 1.50. The van der Waals surface area contributed by atoms with E-state index >= 15 is 0 Å². The molecule has 1 N–H and O–H groups in total. The number of Topliss-reactive ketones (excluding diaryl/α,β-unsaturated/α-hetero) is 1. The predicted molar refractivity (Wildman–Crippen MR) is 69.5 cm³/mol. The van der Waals surface area contributed by atoms with Gasteiger partial charge in [0.2, 0.25) is 0 Å². The van der Waals surface area contributed by atoms with Crippen LogP contribution in [0.15, 0.2) is 47.8 Å². The van der Waals surface area contributed by atoms with E-state index in [1.807, 2.05) is 35.7 Å². The standard InChI is InChI=1S/C14H14O2S/c1-14(10-15,12-8-5-9-17-12)13(16)11-6-3-2-4-7-11/h2-9,15H,10H2,1H3. The number of ketones is 1. The van der Waals surface area contributed by atoms with Gasteiger partial charge in [0.1, 0.15) is 0 Å². The molecule has 0 saturated heterocycles. The lowest BCUT2D eigenvalue weighted by atomic mass is 9.81. The molecule has 0 bridgehead atoms. The highest BCUT2D eigenvalue weighted by atomic mass is 32.1. The number of aliphatic hydroxyl groups excluding tert-OH is 1. The summed E-state index contributed by atoms with van der Waals surface area (Å²) < 4.78 is 0. The molecule has 17 heavy (non-hydrogen) atoms. The highest BCUT2D eigenvalue weighted by molar-refractivity contribution is 7.10. The fourth-order valence-electron chi connectivity index (χ4n) is 1.76. The Labute approximate surface area is 105 Å². The average molecular weight is 246 g/mol. The summed E-state index contributed by atoms with van der Waals surface area (Å²) in [4.78, 5) is 13.3. The van der Waals surface area contributed by atoms with Gasteiger partial charge in [-0.2, -0.15) is 0 Å². The molecule has 1 atom stereocenters. The second kappa shape index (κ2) is 4.82. The molecule has 0 spiro atoms. The van der Waals surface area contributed by atoms with E-state index in [1.54, 1.807) is 19.1 Å². The molecule has 1 unspecified atom stereocenters. The Morgan fingerprint density at radius 3 is 2.47 bits per heavy atom.